The zero-order valence-corrected chi connectivity index (χ0v) is 16.5. The van der Waals surface area contributed by atoms with Crippen molar-refractivity contribution >= 4 is 10.9 Å². The van der Waals surface area contributed by atoms with Crippen LogP contribution >= 0.6 is 0 Å². The number of hydrogen-bond acceptors (Lipinski definition) is 1. The fourth-order valence-corrected chi connectivity index (χ4v) is 3.91. The molecule has 0 N–H and O–H groups in total. The molecular formula is C22H17IrN2-. The van der Waals surface area contributed by atoms with Crippen molar-refractivity contribution in [2.24, 2.45) is 0 Å². The Morgan fingerprint density at radius 2 is 1.68 bits per heavy atom. The molecule has 0 spiro atoms. The van der Waals surface area contributed by atoms with Gasteiger partial charge in [-0.05, 0) is 22.7 Å². The second kappa shape index (κ2) is 5.65. The molecule has 0 atom stereocenters. The topological polar surface area (TPSA) is 17.8 Å². The summed E-state index contributed by atoms with van der Waals surface area (Å²) in [6, 6.07) is 24.8. The van der Waals surface area contributed by atoms with Crippen molar-refractivity contribution in [3.05, 3.63) is 84.1 Å². The number of hydrogen-bond donors (Lipinski definition) is 0. The molecule has 1 heterocycles. The Bertz CT molecular complexity index is 1090. The summed E-state index contributed by atoms with van der Waals surface area (Å²) in [5.41, 5.74) is 7.45. The Kier molecular flexibility index (Phi) is 3.68. The first kappa shape index (κ1) is 16.3. The van der Waals surface area contributed by atoms with E-state index in [2.05, 4.69) is 73.5 Å². The predicted octanol–water partition coefficient (Wildman–Crippen LogP) is 5.13. The van der Waals surface area contributed by atoms with Gasteiger partial charge in [0.2, 0.25) is 0 Å². The summed E-state index contributed by atoms with van der Waals surface area (Å²) < 4.78 is 1.98. The number of para-hydroxylation sites is 1. The molecule has 0 fully saturated rings. The van der Waals surface area contributed by atoms with E-state index in [-0.39, 0.29) is 25.5 Å². The second-order valence-corrected chi connectivity index (χ2v) is 6.93. The van der Waals surface area contributed by atoms with Crippen molar-refractivity contribution in [1.82, 2.24) is 9.78 Å². The molecule has 0 saturated carbocycles. The van der Waals surface area contributed by atoms with E-state index in [4.69, 9.17) is 0 Å². The van der Waals surface area contributed by atoms with E-state index < -0.39 is 0 Å². The van der Waals surface area contributed by atoms with Gasteiger partial charge in [0.15, 0.2) is 0 Å². The van der Waals surface area contributed by atoms with Gasteiger partial charge in [0, 0.05) is 25.5 Å². The van der Waals surface area contributed by atoms with Crippen LogP contribution in [0.1, 0.15) is 25.0 Å². The van der Waals surface area contributed by atoms with Crippen LogP contribution in [0.4, 0.5) is 0 Å². The van der Waals surface area contributed by atoms with E-state index in [1.165, 1.54) is 22.3 Å². The Labute approximate surface area is 160 Å². The maximum atomic E-state index is 4.57. The standard InChI is InChI=1S/C22H17N2.Ir/c1-22(2)19-9-5-4-8-17(19)18-12-11-16(13-20(18)22)24-21-10-6-3-7-15(21)14-23-24;/h3-10,12-14H,1-2H3;/q-1;. The Balaban J connectivity index is 0.00000157. The SMILES string of the molecule is CC1(C)c2ccccc2-c2c[c-]c(-n3ncc4ccccc43)cc21.[Ir]. The molecule has 3 heteroatoms. The number of fused-ring (bicyclic) bond motifs is 4. The van der Waals surface area contributed by atoms with E-state index in [0.29, 0.717) is 0 Å². The minimum Gasteiger partial charge on any atom is -0.258 e. The molecular weight excluding hydrogens is 484 g/mol. The number of benzene rings is 3. The first-order chi connectivity index (χ1) is 11.7. The molecule has 1 aliphatic carbocycles. The minimum absolute atomic E-state index is 0. The van der Waals surface area contributed by atoms with Crippen LogP contribution in [0.25, 0.3) is 27.7 Å². The molecule has 0 amide bonds. The second-order valence-electron chi connectivity index (χ2n) is 6.93. The molecule has 0 bridgehead atoms. The minimum atomic E-state index is -0.00126. The summed E-state index contributed by atoms with van der Waals surface area (Å²) >= 11 is 0. The van der Waals surface area contributed by atoms with Gasteiger partial charge in [-0.1, -0.05) is 61.9 Å². The first-order valence-corrected chi connectivity index (χ1v) is 8.25. The fourth-order valence-electron chi connectivity index (χ4n) is 3.91. The Morgan fingerprint density at radius 3 is 2.56 bits per heavy atom. The number of rotatable bonds is 1. The van der Waals surface area contributed by atoms with Gasteiger partial charge in [0.1, 0.15) is 0 Å². The third-order valence-corrected chi connectivity index (χ3v) is 5.20. The average Bonchev–Trinajstić information content (AvgIpc) is 3.13. The molecule has 1 aliphatic rings. The van der Waals surface area contributed by atoms with Gasteiger partial charge in [-0.2, -0.15) is 17.2 Å². The summed E-state index contributed by atoms with van der Waals surface area (Å²) in [4.78, 5) is 0. The van der Waals surface area contributed by atoms with Gasteiger partial charge < -0.3 is 0 Å². The molecule has 0 unspecified atom stereocenters. The van der Waals surface area contributed by atoms with Crippen LogP contribution < -0.4 is 0 Å². The van der Waals surface area contributed by atoms with Gasteiger partial charge in [-0.15, -0.1) is 17.2 Å². The molecule has 0 saturated heterocycles. The number of nitrogens with zero attached hydrogens (tertiary/aromatic N) is 2. The van der Waals surface area contributed by atoms with Gasteiger partial charge >= 0.3 is 0 Å². The summed E-state index contributed by atoms with van der Waals surface area (Å²) in [6.07, 6.45) is 1.91. The maximum Gasteiger partial charge on any atom is 0.0716 e. The Morgan fingerprint density at radius 1 is 0.920 bits per heavy atom. The van der Waals surface area contributed by atoms with Gasteiger partial charge in [-0.3, -0.25) is 4.68 Å². The van der Waals surface area contributed by atoms with E-state index in [1.54, 1.807) is 0 Å². The largest absolute Gasteiger partial charge is 0.258 e. The molecule has 5 rings (SSSR count). The molecule has 1 radical (unpaired) electrons. The molecule has 0 aliphatic heterocycles. The van der Waals surface area contributed by atoms with Crippen LogP contribution in [0, 0.1) is 6.07 Å². The van der Waals surface area contributed by atoms with Crippen LogP contribution in [0.3, 0.4) is 0 Å². The van der Waals surface area contributed by atoms with Crippen molar-refractivity contribution in [1.29, 1.82) is 0 Å². The molecule has 3 aromatic carbocycles. The van der Waals surface area contributed by atoms with Crippen LogP contribution in [0.15, 0.2) is 66.9 Å². The zero-order valence-electron chi connectivity index (χ0n) is 14.1. The summed E-state index contributed by atoms with van der Waals surface area (Å²) in [6.45, 7) is 4.59. The van der Waals surface area contributed by atoms with Crippen molar-refractivity contribution in [2.45, 2.75) is 19.3 Å². The number of aromatic nitrogens is 2. The van der Waals surface area contributed by atoms with Gasteiger partial charge in [0.25, 0.3) is 0 Å². The van der Waals surface area contributed by atoms with Crippen LogP contribution in [0.5, 0.6) is 0 Å². The Hall–Kier alpha value is -2.22. The van der Waals surface area contributed by atoms with Gasteiger partial charge in [-0.25, -0.2) is 0 Å². The van der Waals surface area contributed by atoms with Crippen LogP contribution in [-0.4, -0.2) is 9.78 Å². The van der Waals surface area contributed by atoms with Crippen molar-refractivity contribution in [3.8, 4) is 16.8 Å². The smallest absolute Gasteiger partial charge is 0.0716 e. The van der Waals surface area contributed by atoms with Crippen LogP contribution in [0.2, 0.25) is 0 Å². The van der Waals surface area contributed by atoms with Crippen molar-refractivity contribution in [2.75, 3.05) is 0 Å². The summed E-state index contributed by atoms with van der Waals surface area (Å²) in [7, 11) is 0. The average molecular weight is 502 g/mol. The normalized spacial score (nSPS) is 14.0. The molecule has 2 nitrogen and oxygen atoms in total. The third-order valence-electron chi connectivity index (χ3n) is 5.20. The fraction of sp³-hybridized carbons (Fsp3) is 0.136. The molecule has 125 valence electrons. The molecule has 25 heavy (non-hydrogen) atoms. The van der Waals surface area contributed by atoms with Crippen molar-refractivity contribution < 1.29 is 20.1 Å². The maximum absolute atomic E-state index is 4.57. The molecule has 4 aromatic rings. The van der Waals surface area contributed by atoms with E-state index >= 15 is 0 Å². The van der Waals surface area contributed by atoms with Gasteiger partial charge in [0.05, 0.1) is 11.7 Å². The molecule has 1 aromatic heterocycles. The van der Waals surface area contributed by atoms with E-state index in [0.717, 1.165) is 16.6 Å². The summed E-state index contributed by atoms with van der Waals surface area (Å²) in [5, 5.41) is 5.72. The van der Waals surface area contributed by atoms with Crippen molar-refractivity contribution in [3.63, 3.8) is 0 Å². The first-order valence-electron chi connectivity index (χ1n) is 8.25. The third kappa shape index (κ3) is 2.23. The van der Waals surface area contributed by atoms with E-state index in [1.807, 2.05) is 23.0 Å². The van der Waals surface area contributed by atoms with E-state index in [9.17, 15) is 0 Å². The monoisotopic (exact) mass is 502 g/mol. The quantitative estimate of drug-likeness (QED) is 0.331. The van der Waals surface area contributed by atoms with Crippen LogP contribution in [-0.2, 0) is 25.5 Å². The summed E-state index contributed by atoms with van der Waals surface area (Å²) in [5.74, 6) is 0. The zero-order chi connectivity index (χ0) is 16.3. The predicted molar refractivity (Wildman–Crippen MR) is 97.5 cm³/mol.